The molecule has 0 saturated heterocycles. The van der Waals surface area contributed by atoms with Crippen molar-refractivity contribution in [2.24, 2.45) is 5.92 Å². The molecule has 0 aliphatic carbocycles. The van der Waals surface area contributed by atoms with Gasteiger partial charge in [-0.1, -0.05) is 45.9 Å². The third kappa shape index (κ3) is 6.67. The van der Waals surface area contributed by atoms with E-state index in [1.54, 1.807) is 24.3 Å². The van der Waals surface area contributed by atoms with E-state index in [4.69, 9.17) is 0 Å². The van der Waals surface area contributed by atoms with Crippen LogP contribution in [0.4, 0.5) is 0 Å². The molecule has 0 aromatic heterocycles. The summed E-state index contributed by atoms with van der Waals surface area (Å²) in [4.78, 5) is 22.3. The number of rotatable bonds is 3. The normalized spacial score (nSPS) is 9.53. The Kier molecular flexibility index (Phi) is 7.11. The van der Waals surface area contributed by atoms with E-state index in [-0.39, 0.29) is 11.6 Å². The Hall–Kier alpha value is -1.44. The maximum atomic E-state index is 11.3. The Bertz CT molecular complexity index is 376. The van der Waals surface area contributed by atoms with Gasteiger partial charge in [0.2, 0.25) is 0 Å². The van der Waals surface area contributed by atoms with Gasteiger partial charge < -0.3 is 0 Å². The topological polar surface area (TPSA) is 34.1 Å². The summed E-state index contributed by atoms with van der Waals surface area (Å²) in [5, 5.41) is 0. The van der Waals surface area contributed by atoms with Crippen molar-refractivity contribution in [3.63, 3.8) is 0 Å². The smallest absolute Gasteiger partial charge is 0.162 e. The van der Waals surface area contributed by atoms with Crippen molar-refractivity contribution in [1.29, 1.82) is 0 Å². The van der Waals surface area contributed by atoms with Gasteiger partial charge in [-0.05, 0) is 18.9 Å². The number of hydrogen-bond acceptors (Lipinski definition) is 2. The van der Waals surface area contributed by atoms with Gasteiger partial charge in [0, 0.05) is 17.5 Å². The summed E-state index contributed by atoms with van der Waals surface area (Å²) in [6.07, 6.45) is 0.474. The van der Waals surface area contributed by atoms with Gasteiger partial charge in [0.25, 0.3) is 0 Å². The summed E-state index contributed by atoms with van der Waals surface area (Å²) in [5.41, 5.74) is 1.22. The van der Waals surface area contributed by atoms with Gasteiger partial charge in [-0.2, -0.15) is 0 Å². The molecule has 0 amide bonds. The number of hydrogen-bond donors (Lipinski definition) is 0. The third-order valence-corrected chi connectivity index (χ3v) is 1.91. The number of benzene rings is 1. The van der Waals surface area contributed by atoms with Gasteiger partial charge in [-0.15, -0.1) is 0 Å². The highest BCUT2D eigenvalue weighted by Gasteiger charge is 2.05. The van der Waals surface area contributed by atoms with Crippen LogP contribution in [0, 0.1) is 5.92 Å². The first-order chi connectivity index (χ1) is 7.88. The van der Waals surface area contributed by atoms with E-state index in [1.807, 2.05) is 6.92 Å². The Balaban J connectivity index is 0.000000557. The second-order valence-corrected chi connectivity index (χ2v) is 4.65. The van der Waals surface area contributed by atoms with E-state index in [0.717, 1.165) is 5.92 Å². The molecule has 0 aliphatic heterocycles. The molecule has 0 fully saturated rings. The van der Waals surface area contributed by atoms with Crippen LogP contribution in [-0.2, 0) is 0 Å². The van der Waals surface area contributed by atoms with E-state index in [1.165, 1.54) is 6.92 Å². The Morgan fingerprint density at radius 2 is 1.59 bits per heavy atom. The molecule has 1 aromatic rings. The summed E-state index contributed by atoms with van der Waals surface area (Å²) in [6, 6.07) is 6.83. The molecule has 0 unspecified atom stereocenters. The van der Waals surface area contributed by atoms with Crippen LogP contribution in [-0.4, -0.2) is 11.6 Å². The zero-order valence-corrected chi connectivity index (χ0v) is 11.4. The maximum Gasteiger partial charge on any atom is 0.162 e. The fourth-order valence-electron chi connectivity index (χ4n) is 1.12. The monoisotopic (exact) mass is 234 g/mol. The van der Waals surface area contributed by atoms with Gasteiger partial charge in [0.15, 0.2) is 11.6 Å². The maximum absolute atomic E-state index is 11.3. The van der Waals surface area contributed by atoms with Crippen molar-refractivity contribution < 1.29 is 9.59 Å². The molecule has 0 heterocycles. The minimum absolute atomic E-state index is 0.00856. The molecule has 0 saturated carbocycles. The van der Waals surface area contributed by atoms with Crippen LogP contribution in [0.25, 0.3) is 0 Å². The lowest BCUT2D eigenvalue weighted by Gasteiger charge is -1.99. The van der Waals surface area contributed by atoms with Gasteiger partial charge in [-0.25, -0.2) is 0 Å². The standard InChI is InChI=1S/C11H12O2.C4H10/c1-3-11(13)10-6-4-5-9(7-10)8(2)12;1-4(2)3/h4-7H,3H2,1-2H3;4H,1-3H3. The quantitative estimate of drug-likeness (QED) is 0.736. The second-order valence-electron chi connectivity index (χ2n) is 4.65. The van der Waals surface area contributed by atoms with Crippen LogP contribution >= 0.6 is 0 Å². The first-order valence-corrected chi connectivity index (χ1v) is 6.02. The molecule has 2 heteroatoms. The average Bonchev–Trinajstić information content (AvgIpc) is 2.27. The van der Waals surface area contributed by atoms with Crippen molar-refractivity contribution in [3.8, 4) is 0 Å². The highest BCUT2D eigenvalue weighted by atomic mass is 16.1. The summed E-state index contributed by atoms with van der Waals surface area (Å²) in [5.74, 6) is 0.897. The fraction of sp³-hybridized carbons (Fsp3) is 0.467. The molecule has 1 rings (SSSR count). The highest BCUT2D eigenvalue weighted by Crippen LogP contribution is 2.08. The lowest BCUT2D eigenvalue weighted by Crippen LogP contribution is -1.99. The molecule has 0 spiro atoms. The minimum Gasteiger partial charge on any atom is -0.295 e. The highest BCUT2D eigenvalue weighted by molar-refractivity contribution is 6.00. The molecule has 1 aromatic carbocycles. The molecule has 0 atom stereocenters. The largest absolute Gasteiger partial charge is 0.295 e. The molecule has 0 radical (unpaired) electrons. The predicted octanol–water partition coefficient (Wildman–Crippen LogP) is 4.14. The zero-order chi connectivity index (χ0) is 13.4. The molecule has 94 valence electrons. The van der Waals surface area contributed by atoms with Crippen molar-refractivity contribution in [1.82, 2.24) is 0 Å². The SMILES string of the molecule is CC(C)C.CCC(=O)c1cccc(C(C)=O)c1. The van der Waals surface area contributed by atoms with Crippen molar-refractivity contribution >= 4 is 11.6 Å². The molecule has 2 nitrogen and oxygen atoms in total. The predicted molar refractivity (Wildman–Crippen MR) is 71.6 cm³/mol. The van der Waals surface area contributed by atoms with Crippen LogP contribution in [0.1, 0.15) is 61.8 Å². The zero-order valence-electron chi connectivity index (χ0n) is 11.4. The van der Waals surface area contributed by atoms with E-state index in [2.05, 4.69) is 20.8 Å². The van der Waals surface area contributed by atoms with Crippen LogP contribution in [0.3, 0.4) is 0 Å². The summed E-state index contributed by atoms with van der Waals surface area (Å²) in [7, 11) is 0. The fourth-order valence-corrected chi connectivity index (χ4v) is 1.12. The van der Waals surface area contributed by atoms with Crippen LogP contribution < -0.4 is 0 Å². The summed E-state index contributed by atoms with van der Waals surface area (Å²) < 4.78 is 0. The molecule has 0 N–H and O–H groups in total. The van der Waals surface area contributed by atoms with Gasteiger partial charge in [-0.3, -0.25) is 9.59 Å². The lowest BCUT2D eigenvalue weighted by molar-refractivity contribution is 0.0988. The van der Waals surface area contributed by atoms with Gasteiger partial charge >= 0.3 is 0 Å². The third-order valence-electron chi connectivity index (χ3n) is 1.91. The van der Waals surface area contributed by atoms with Crippen molar-refractivity contribution in [3.05, 3.63) is 35.4 Å². The van der Waals surface area contributed by atoms with Crippen LogP contribution in [0.2, 0.25) is 0 Å². The van der Waals surface area contributed by atoms with E-state index in [0.29, 0.717) is 17.5 Å². The Morgan fingerprint density at radius 1 is 1.12 bits per heavy atom. The van der Waals surface area contributed by atoms with Crippen molar-refractivity contribution in [2.45, 2.75) is 41.0 Å². The molecule has 0 aliphatic rings. The summed E-state index contributed by atoms with van der Waals surface area (Å²) >= 11 is 0. The Morgan fingerprint density at radius 3 is 2.00 bits per heavy atom. The van der Waals surface area contributed by atoms with Gasteiger partial charge in [0.1, 0.15) is 0 Å². The molecular formula is C15H22O2. The summed E-state index contributed by atoms with van der Waals surface area (Å²) in [6.45, 7) is 9.80. The number of Topliss-reactive ketones (excluding diaryl/α,β-unsaturated/α-hetero) is 2. The van der Waals surface area contributed by atoms with Crippen molar-refractivity contribution in [2.75, 3.05) is 0 Å². The minimum atomic E-state index is -0.00856. The Labute approximate surface area is 104 Å². The van der Waals surface area contributed by atoms with Crippen LogP contribution in [0.5, 0.6) is 0 Å². The molecule has 17 heavy (non-hydrogen) atoms. The molecular weight excluding hydrogens is 212 g/mol. The average molecular weight is 234 g/mol. The molecule has 0 bridgehead atoms. The van der Waals surface area contributed by atoms with Crippen LogP contribution in [0.15, 0.2) is 24.3 Å². The lowest BCUT2D eigenvalue weighted by atomic mass is 10.0. The first-order valence-electron chi connectivity index (χ1n) is 6.02. The number of ketones is 2. The number of carbonyl (C=O) groups is 2. The number of carbonyl (C=O) groups excluding carboxylic acids is 2. The van der Waals surface area contributed by atoms with Gasteiger partial charge in [0.05, 0.1) is 0 Å². The van der Waals surface area contributed by atoms with E-state index < -0.39 is 0 Å². The first kappa shape index (κ1) is 15.6. The second kappa shape index (κ2) is 7.77. The van der Waals surface area contributed by atoms with E-state index in [9.17, 15) is 9.59 Å². The van der Waals surface area contributed by atoms with E-state index >= 15 is 0 Å².